The summed E-state index contributed by atoms with van der Waals surface area (Å²) in [6, 6.07) is 5.76. The molecule has 3 heterocycles. The summed E-state index contributed by atoms with van der Waals surface area (Å²) in [6.45, 7) is -0.0242. The number of nitrogens with zero attached hydrogens (tertiary/aromatic N) is 2. The van der Waals surface area contributed by atoms with Gasteiger partial charge >= 0.3 is 0 Å². The molecule has 10 rings (SSSR count). The molecule has 2 aliphatic heterocycles. The van der Waals surface area contributed by atoms with Gasteiger partial charge in [-0.1, -0.05) is 12.1 Å². The van der Waals surface area contributed by atoms with Crippen LogP contribution in [0.1, 0.15) is 24.0 Å². The summed E-state index contributed by atoms with van der Waals surface area (Å²) < 4.78 is 70.2. The Morgan fingerprint density at radius 2 is 1.93 bits per heavy atom. The highest BCUT2D eigenvalue weighted by atomic mass is 32.2. The van der Waals surface area contributed by atoms with E-state index in [9.17, 15) is 30.8 Å². The van der Waals surface area contributed by atoms with E-state index in [0.717, 1.165) is 36.0 Å². The van der Waals surface area contributed by atoms with E-state index in [2.05, 4.69) is 14.4 Å². The molecule has 2 aromatic rings. The second kappa shape index (κ2) is 7.88. The van der Waals surface area contributed by atoms with Gasteiger partial charge in [-0.15, -0.1) is 15.7 Å². The largest absolute Gasteiger partial charge is 0.333 e. The maximum absolute atomic E-state index is 14.4. The Kier molecular flexibility index (Phi) is 4.84. The topological polar surface area (TPSA) is 142 Å². The first-order valence-corrected chi connectivity index (χ1v) is 18.4. The Morgan fingerprint density at radius 3 is 2.67 bits per heavy atom. The van der Waals surface area contributed by atoms with Crippen LogP contribution in [0.25, 0.3) is 0 Å². The summed E-state index contributed by atoms with van der Waals surface area (Å²) in [4.78, 5) is 30.4. The summed E-state index contributed by atoms with van der Waals surface area (Å²) >= 11 is 1.06. The monoisotopic (exact) mass is 630 g/mol. The number of halogens is 1. The predicted molar refractivity (Wildman–Crippen MR) is 150 cm³/mol. The van der Waals surface area contributed by atoms with Crippen LogP contribution in [-0.2, 0) is 42.7 Å². The molecule has 220 valence electrons. The SMILES string of the molecule is CS(=O)(=O)NCc1csc2c1S(=O)(=O)N=C(C1C(=O)C3C(C4C5C6CC7(CC47)C3C65)N(Cc3ccc(F)cc3)C1=O)N2. The molecule has 1 aromatic heterocycles. The van der Waals surface area contributed by atoms with Crippen LogP contribution in [-0.4, -0.2) is 51.6 Å². The molecule has 1 aromatic carbocycles. The number of piperidine rings is 1. The number of amides is 1. The number of carbonyl (C=O) groups is 2. The molecule has 42 heavy (non-hydrogen) atoms. The highest BCUT2D eigenvalue weighted by Gasteiger charge is 2.89. The Bertz CT molecular complexity index is 1870. The van der Waals surface area contributed by atoms with Crippen LogP contribution in [0.2, 0.25) is 0 Å². The van der Waals surface area contributed by atoms with Crippen LogP contribution >= 0.6 is 11.3 Å². The molecular formula is C28H27FN4O6S3. The predicted octanol–water partition coefficient (Wildman–Crippen LogP) is 2.19. The smallest absolute Gasteiger partial charge is 0.287 e. The molecule has 8 aliphatic rings. The van der Waals surface area contributed by atoms with Crippen LogP contribution < -0.4 is 10.0 Å². The van der Waals surface area contributed by atoms with Crippen LogP contribution in [0, 0.1) is 58.6 Å². The Morgan fingerprint density at radius 1 is 1.17 bits per heavy atom. The zero-order valence-corrected chi connectivity index (χ0v) is 24.8. The zero-order valence-electron chi connectivity index (χ0n) is 22.4. The number of hydrogen-bond acceptors (Lipinski definition) is 8. The van der Waals surface area contributed by atoms with Crippen molar-refractivity contribution >= 4 is 53.9 Å². The van der Waals surface area contributed by atoms with E-state index >= 15 is 0 Å². The molecule has 10 atom stereocenters. The van der Waals surface area contributed by atoms with Gasteiger partial charge in [0.05, 0.1) is 6.26 Å². The van der Waals surface area contributed by atoms with Gasteiger partial charge in [0.25, 0.3) is 10.0 Å². The number of anilines is 1. The van der Waals surface area contributed by atoms with Crippen LogP contribution in [0.5, 0.6) is 0 Å². The van der Waals surface area contributed by atoms with E-state index in [-0.39, 0.29) is 75.2 Å². The van der Waals surface area contributed by atoms with Gasteiger partial charge in [-0.05, 0) is 76.8 Å². The normalized spacial score (nSPS) is 41.0. The number of nitrogens with one attached hydrogen (secondary N) is 2. The first-order chi connectivity index (χ1) is 19.9. The van der Waals surface area contributed by atoms with Gasteiger partial charge in [0.1, 0.15) is 21.5 Å². The molecule has 1 spiro atoms. The lowest BCUT2D eigenvalue weighted by Crippen LogP contribution is -2.68. The standard InChI is InChI=1S/C28H27FN4O6S3/c1-41(36,37)30-8-12-10-40-26-24(12)42(38,39)32-25(31-26)20-23(34)19-21-17-14-6-28(21)7-15(28)18(16(14)17)22(19)33(27(20)35)9-11-2-4-13(29)5-3-11/h2-5,10,14-22,30H,6-9H2,1H3,(H,31,32). The van der Waals surface area contributed by atoms with Crippen molar-refractivity contribution in [2.24, 2.45) is 57.2 Å². The zero-order chi connectivity index (χ0) is 29.1. The van der Waals surface area contributed by atoms with E-state index in [4.69, 9.17) is 0 Å². The Balaban J connectivity index is 1.11. The number of likely N-dealkylation sites (tertiary alicyclic amines) is 1. The van der Waals surface area contributed by atoms with E-state index in [1.807, 2.05) is 0 Å². The van der Waals surface area contributed by atoms with Crippen LogP contribution in [0.4, 0.5) is 9.39 Å². The number of thiophene rings is 1. The van der Waals surface area contributed by atoms with Crippen molar-refractivity contribution in [3.63, 3.8) is 0 Å². The Labute approximate surface area is 245 Å². The van der Waals surface area contributed by atoms with Gasteiger partial charge in [0.2, 0.25) is 15.9 Å². The number of benzene rings is 1. The van der Waals surface area contributed by atoms with Crippen molar-refractivity contribution < 1.29 is 30.8 Å². The minimum Gasteiger partial charge on any atom is -0.333 e. The minimum absolute atomic E-state index is 0.151. The van der Waals surface area contributed by atoms with Gasteiger partial charge < -0.3 is 10.2 Å². The Hall–Kier alpha value is -2.68. The van der Waals surface area contributed by atoms with Gasteiger partial charge in [0.15, 0.2) is 11.7 Å². The van der Waals surface area contributed by atoms with E-state index in [1.54, 1.807) is 17.0 Å². The van der Waals surface area contributed by atoms with E-state index in [0.29, 0.717) is 23.7 Å². The number of amidine groups is 1. The summed E-state index contributed by atoms with van der Waals surface area (Å²) in [5.41, 5.74) is 1.17. The van der Waals surface area contributed by atoms with Crippen molar-refractivity contribution in [1.82, 2.24) is 9.62 Å². The number of fused-ring (bicyclic) bond motifs is 1. The molecule has 10 unspecified atom stereocenters. The number of hydrogen-bond donors (Lipinski definition) is 2. The van der Waals surface area contributed by atoms with Crippen LogP contribution in [0.15, 0.2) is 38.9 Å². The number of rotatable bonds is 6. The maximum atomic E-state index is 14.4. The third kappa shape index (κ3) is 3.24. The molecular weight excluding hydrogens is 604 g/mol. The van der Waals surface area contributed by atoms with Crippen LogP contribution in [0.3, 0.4) is 0 Å². The number of Topliss-reactive ketones (excluding diaryl/α,β-unsaturated/α-hetero) is 1. The van der Waals surface area contributed by atoms with Crippen molar-refractivity contribution in [3.8, 4) is 0 Å². The molecule has 6 aliphatic carbocycles. The fraction of sp³-hybridized carbons (Fsp3) is 0.536. The summed E-state index contributed by atoms with van der Waals surface area (Å²) in [5.74, 6) is -0.358. The first-order valence-electron chi connectivity index (χ1n) is 14.2. The molecule has 0 radical (unpaired) electrons. The number of ketones is 1. The molecule has 7 fully saturated rings. The molecule has 1 amide bonds. The molecule has 4 bridgehead atoms. The van der Waals surface area contributed by atoms with Crippen molar-refractivity contribution in [3.05, 3.63) is 46.6 Å². The minimum atomic E-state index is -4.34. The second-order valence-electron chi connectivity index (χ2n) is 13.2. The lowest BCUT2D eigenvalue weighted by atomic mass is 9.52. The van der Waals surface area contributed by atoms with Gasteiger partial charge in [0, 0.05) is 30.6 Å². The fourth-order valence-electron chi connectivity index (χ4n) is 10.1. The first kappa shape index (κ1) is 25.8. The van der Waals surface area contributed by atoms with Gasteiger partial charge in [-0.2, -0.15) is 8.42 Å². The van der Waals surface area contributed by atoms with Crippen molar-refractivity contribution in [2.75, 3.05) is 11.6 Å². The lowest BCUT2D eigenvalue weighted by Gasteiger charge is -2.58. The quantitative estimate of drug-likeness (QED) is 0.466. The second-order valence-corrected chi connectivity index (χ2v) is 17.5. The highest BCUT2D eigenvalue weighted by molar-refractivity contribution is 7.91. The summed E-state index contributed by atoms with van der Waals surface area (Å²) in [6.07, 6.45) is 3.25. The third-order valence-electron chi connectivity index (χ3n) is 11.3. The molecule has 10 nitrogen and oxygen atoms in total. The average molecular weight is 631 g/mol. The molecule has 2 N–H and O–H groups in total. The number of sulfonamides is 2. The molecule has 14 heteroatoms. The average Bonchev–Trinajstić information content (AvgIpc) is 3.75. The third-order valence-corrected chi connectivity index (χ3v) is 14.5. The van der Waals surface area contributed by atoms with Crippen molar-refractivity contribution in [1.29, 1.82) is 0 Å². The maximum Gasteiger partial charge on any atom is 0.287 e. The number of carbonyl (C=O) groups excluding carboxylic acids is 2. The molecule has 6 saturated carbocycles. The van der Waals surface area contributed by atoms with Gasteiger partial charge in [-0.3, -0.25) is 9.59 Å². The fourth-order valence-corrected chi connectivity index (χ4v) is 13.2. The molecule has 1 saturated heterocycles. The summed E-state index contributed by atoms with van der Waals surface area (Å²) in [5, 5.41) is 4.72. The van der Waals surface area contributed by atoms with Gasteiger partial charge in [-0.25, -0.2) is 17.5 Å². The van der Waals surface area contributed by atoms with Crippen molar-refractivity contribution in [2.45, 2.75) is 36.9 Å². The van der Waals surface area contributed by atoms with E-state index in [1.165, 1.54) is 17.5 Å². The lowest BCUT2D eigenvalue weighted by molar-refractivity contribution is -0.168. The summed E-state index contributed by atoms with van der Waals surface area (Å²) in [7, 11) is -7.91. The van der Waals surface area contributed by atoms with E-state index < -0.39 is 31.9 Å². The highest BCUT2D eigenvalue weighted by Crippen LogP contribution is 2.92.